The smallest absolute Gasteiger partial charge is 0.0788 e. The monoisotopic (exact) mass is 202 g/mol. The standard InChI is InChI=1S/C11H26N2O/c1-5-6-7-8-9-10(13-12)11(2,3)14-4/h10,13H,5-9,12H2,1-4H3. The highest BCUT2D eigenvalue weighted by molar-refractivity contribution is 4.83. The van der Waals surface area contributed by atoms with E-state index in [0.717, 1.165) is 6.42 Å². The molecule has 3 nitrogen and oxygen atoms in total. The minimum Gasteiger partial charge on any atom is -0.377 e. The number of unbranched alkanes of at least 4 members (excludes halogenated alkanes) is 3. The largest absolute Gasteiger partial charge is 0.377 e. The Labute approximate surface area is 88.4 Å². The minimum absolute atomic E-state index is 0.180. The Bertz CT molecular complexity index is 137. The van der Waals surface area contributed by atoms with E-state index < -0.39 is 0 Å². The van der Waals surface area contributed by atoms with Crippen molar-refractivity contribution in [1.82, 2.24) is 5.43 Å². The van der Waals surface area contributed by atoms with Gasteiger partial charge in [0.05, 0.1) is 5.60 Å². The van der Waals surface area contributed by atoms with E-state index in [1.54, 1.807) is 7.11 Å². The number of nitrogens with two attached hydrogens (primary N) is 1. The van der Waals surface area contributed by atoms with Crippen molar-refractivity contribution in [2.24, 2.45) is 5.84 Å². The molecule has 0 heterocycles. The molecule has 1 atom stereocenters. The van der Waals surface area contributed by atoms with Gasteiger partial charge in [-0.15, -0.1) is 0 Å². The number of hydrogen-bond donors (Lipinski definition) is 2. The summed E-state index contributed by atoms with van der Waals surface area (Å²) in [5.74, 6) is 5.52. The molecule has 0 radical (unpaired) electrons. The molecule has 0 aromatic heterocycles. The van der Waals surface area contributed by atoms with Crippen molar-refractivity contribution in [2.75, 3.05) is 7.11 Å². The summed E-state index contributed by atoms with van der Waals surface area (Å²) in [5.41, 5.74) is 2.67. The second-order valence-electron chi connectivity index (χ2n) is 4.38. The molecule has 0 aromatic rings. The first-order valence-electron chi connectivity index (χ1n) is 5.59. The van der Waals surface area contributed by atoms with Crippen molar-refractivity contribution in [2.45, 2.75) is 64.5 Å². The summed E-state index contributed by atoms with van der Waals surface area (Å²) >= 11 is 0. The van der Waals surface area contributed by atoms with Crippen LogP contribution in [0.15, 0.2) is 0 Å². The summed E-state index contributed by atoms with van der Waals surface area (Å²) < 4.78 is 5.41. The van der Waals surface area contributed by atoms with Gasteiger partial charge in [0.25, 0.3) is 0 Å². The molecule has 0 bridgehead atoms. The Balaban J connectivity index is 3.79. The van der Waals surface area contributed by atoms with E-state index in [0.29, 0.717) is 0 Å². The fraction of sp³-hybridized carbons (Fsp3) is 1.00. The van der Waals surface area contributed by atoms with Crippen molar-refractivity contribution in [3.63, 3.8) is 0 Å². The molecule has 0 rings (SSSR count). The molecule has 0 aliphatic heterocycles. The summed E-state index contributed by atoms with van der Waals surface area (Å²) in [7, 11) is 1.73. The van der Waals surface area contributed by atoms with Crippen LogP contribution in [0.5, 0.6) is 0 Å². The molecule has 0 aliphatic rings. The molecule has 86 valence electrons. The van der Waals surface area contributed by atoms with Crippen molar-refractivity contribution >= 4 is 0 Å². The first-order valence-corrected chi connectivity index (χ1v) is 5.59. The number of hydrazine groups is 1. The number of ether oxygens (including phenoxy) is 1. The Morgan fingerprint density at radius 1 is 1.29 bits per heavy atom. The molecular formula is C11H26N2O. The SMILES string of the molecule is CCCCCCC(NN)C(C)(C)OC. The van der Waals surface area contributed by atoms with Crippen LogP contribution < -0.4 is 11.3 Å². The van der Waals surface area contributed by atoms with Gasteiger partial charge >= 0.3 is 0 Å². The van der Waals surface area contributed by atoms with E-state index >= 15 is 0 Å². The third-order valence-corrected chi connectivity index (χ3v) is 2.91. The zero-order valence-electron chi connectivity index (χ0n) is 10.1. The van der Waals surface area contributed by atoms with Crippen LogP contribution in [0.2, 0.25) is 0 Å². The van der Waals surface area contributed by atoms with Crippen LogP contribution in [-0.4, -0.2) is 18.8 Å². The molecule has 0 fully saturated rings. The van der Waals surface area contributed by atoms with Crippen LogP contribution in [0.3, 0.4) is 0 Å². The number of nitrogens with one attached hydrogen (secondary N) is 1. The highest BCUT2D eigenvalue weighted by atomic mass is 16.5. The molecular weight excluding hydrogens is 176 g/mol. The van der Waals surface area contributed by atoms with Crippen LogP contribution in [-0.2, 0) is 4.74 Å². The van der Waals surface area contributed by atoms with E-state index in [9.17, 15) is 0 Å². The third kappa shape index (κ3) is 4.94. The Hall–Kier alpha value is -0.120. The molecule has 3 heteroatoms. The molecule has 0 saturated heterocycles. The molecule has 0 aliphatic carbocycles. The summed E-state index contributed by atoms with van der Waals surface area (Å²) in [6.45, 7) is 6.35. The van der Waals surface area contributed by atoms with Crippen LogP contribution >= 0.6 is 0 Å². The van der Waals surface area contributed by atoms with Crippen molar-refractivity contribution in [3.05, 3.63) is 0 Å². The van der Waals surface area contributed by atoms with Gasteiger partial charge in [0.2, 0.25) is 0 Å². The fourth-order valence-corrected chi connectivity index (χ4v) is 1.55. The van der Waals surface area contributed by atoms with Gasteiger partial charge in [0.1, 0.15) is 0 Å². The zero-order chi connectivity index (χ0) is 11.0. The van der Waals surface area contributed by atoms with E-state index in [1.807, 2.05) is 0 Å². The molecule has 0 aromatic carbocycles. The Morgan fingerprint density at radius 3 is 2.36 bits per heavy atom. The van der Waals surface area contributed by atoms with Crippen LogP contribution in [0.4, 0.5) is 0 Å². The number of hydrogen-bond acceptors (Lipinski definition) is 3. The van der Waals surface area contributed by atoms with E-state index in [2.05, 4.69) is 26.2 Å². The maximum atomic E-state index is 5.52. The highest BCUT2D eigenvalue weighted by Crippen LogP contribution is 2.18. The maximum Gasteiger partial charge on any atom is 0.0788 e. The quantitative estimate of drug-likeness (QED) is 0.360. The lowest BCUT2D eigenvalue weighted by atomic mass is 9.94. The normalized spacial score (nSPS) is 14.4. The van der Waals surface area contributed by atoms with Gasteiger partial charge in [0, 0.05) is 13.2 Å². The third-order valence-electron chi connectivity index (χ3n) is 2.91. The van der Waals surface area contributed by atoms with E-state index in [1.165, 1.54) is 25.7 Å². The van der Waals surface area contributed by atoms with Crippen LogP contribution in [0.1, 0.15) is 52.9 Å². The second kappa shape index (κ2) is 7.21. The molecule has 0 amide bonds. The Kier molecular flexibility index (Phi) is 7.15. The van der Waals surface area contributed by atoms with Gasteiger partial charge < -0.3 is 4.74 Å². The van der Waals surface area contributed by atoms with Gasteiger partial charge in [-0.2, -0.15) is 0 Å². The lowest BCUT2D eigenvalue weighted by molar-refractivity contribution is -0.0131. The number of methoxy groups -OCH3 is 1. The summed E-state index contributed by atoms with van der Waals surface area (Å²) in [6.07, 6.45) is 6.17. The summed E-state index contributed by atoms with van der Waals surface area (Å²) in [6, 6.07) is 0.240. The predicted octanol–water partition coefficient (Wildman–Crippen LogP) is 2.21. The van der Waals surface area contributed by atoms with E-state index in [4.69, 9.17) is 10.6 Å². The van der Waals surface area contributed by atoms with Crippen molar-refractivity contribution in [1.29, 1.82) is 0 Å². The molecule has 1 unspecified atom stereocenters. The average Bonchev–Trinajstić information content (AvgIpc) is 2.17. The van der Waals surface area contributed by atoms with Crippen LogP contribution in [0.25, 0.3) is 0 Å². The van der Waals surface area contributed by atoms with Crippen LogP contribution in [0, 0.1) is 0 Å². The summed E-state index contributed by atoms with van der Waals surface area (Å²) in [4.78, 5) is 0. The topological polar surface area (TPSA) is 47.3 Å². The average molecular weight is 202 g/mol. The maximum absolute atomic E-state index is 5.52. The highest BCUT2D eigenvalue weighted by Gasteiger charge is 2.27. The fourth-order valence-electron chi connectivity index (χ4n) is 1.55. The number of rotatable bonds is 8. The first-order chi connectivity index (χ1) is 6.58. The van der Waals surface area contributed by atoms with Crippen molar-refractivity contribution in [3.8, 4) is 0 Å². The zero-order valence-corrected chi connectivity index (χ0v) is 10.1. The van der Waals surface area contributed by atoms with E-state index in [-0.39, 0.29) is 11.6 Å². The Morgan fingerprint density at radius 2 is 1.93 bits per heavy atom. The molecule has 0 saturated carbocycles. The summed E-state index contributed by atoms with van der Waals surface area (Å²) in [5, 5.41) is 0. The molecule has 3 N–H and O–H groups in total. The van der Waals surface area contributed by atoms with Crippen molar-refractivity contribution < 1.29 is 4.74 Å². The van der Waals surface area contributed by atoms with Gasteiger partial charge in [-0.05, 0) is 20.3 Å². The van der Waals surface area contributed by atoms with Gasteiger partial charge in [-0.1, -0.05) is 32.6 Å². The minimum atomic E-state index is -0.180. The lowest BCUT2D eigenvalue weighted by Crippen LogP contribution is -2.50. The predicted molar refractivity (Wildman–Crippen MR) is 61.0 cm³/mol. The second-order valence-corrected chi connectivity index (χ2v) is 4.38. The van der Waals surface area contributed by atoms with Gasteiger partial charge in [0.15, 0.2) is 0 Å². The van der Waals surface area contributed by atoms with Gasteiger partial charge in [-0.3, -0.25) is 11.3 Å². The molecule has 0 spiro atoms. The lowest BCUT2D eigenvalue weighted by Gasteiger charge is -2.32. The first kappa shape index (κ1) is 13.9. The molecule has 14 heavy (non-hydrogen) atoms. The van der Waals surface area contributed by atoms with Gasteiger partial charge in [-0.25, -0.2) is 0 Å².